The van der Waals surface area contributed by atoms with E-state index in [0.717, 1.165) is 30.2 Å². The van der Waals surface area contributed by atoms with Gasteiger partial charge in [0.15, 0.2) is 11.6 Å². The first-order valence-corrected chi connectivity index (χ1v) is 10.4. The van der Waals surface area contributed by atoms with Crippen molar-refractivity contribution in [3.63, 3.8) is 0 Å². The minimum Gasteiger partial charge on any atom is -0.352 e. The predicted molar refractivity (Wildman–Crippen MR) is 120 cm³/mol. The number of aromatic nitrogens is 2. The van der Waals surface area contributed by atoms with E-state index in [9.17, 15) is 4.79 Å². The van der Waals surface area contributed by atoms with E-state index in [0.29, 0.717) is 30.4 Å². The standard InChI is InChI=1S/C23H24ClN5O/c1-17-2-8-20(9-3-17)25-21-10-11-22(27-26-21)28-12-14-29(15-13-28)23(30)16-18-4-6-19(24)7-5-18/h2-11H,12-16H2,1H3,(H,25,26). The molecule has 0 aliphatic carbocycles. The van der Waals surface area contributed by atoms with Gasteiger partial charge in [-0.25, -0.2) is 0 Å². The molecule has 154 valence electrons. The summed E-state index contributed by atoms with van der Waals surface area (Å²) in [4.78, 5) is 16.6. The minimum absolute atomic E-state index is 0.140. The molecule has 2 heterocycles. The monoisotopic (exact) mass is 421 g/mol. The molecule has 1 fully saturated rings. The second-order valence-corrected chi connectivity index (χ2v) is 7.88. The Balaban J connectivity index is 1.29. The summed E-state index contributed by atoms with van der Waals surface area (Å²) in [5, 5.41) is 12.6. The van der Waals surface area contributed by atoms with E-state index in [1.807, 2.05) is 53.4 Å². The summed E-state index contributed by atoms with van der Waals surface area (Å²) in [5.41, 5.74) is 3.18. The first kappa shape index (κ1) is 20.2. The molecule has 1 saturated heterocycles. The summed E-state index contributed by atoms with van der Waals surface area (Å²) >= 11 is 5.91. The van der Waals surface area contributed by atoms with Crippen LogP contribution >= 0.6 is 11.6 Å². The van der Waals surface area contributed by atoms with Crippen molar-refractivity contribution in [2.75, 3.05) is 36.4 Å². The van der Waals surface area contributed by atoms with Gasteiger partial charge in [-0.3, -0.25) is 4.79 Å². The molecular formula is C23H24ClN5O. The highest BCUT2D eigenvalue weighted by molar-refractivity contribution is 6.30. The molecule has 30 heavy (non-hydrogen) atoms. The summed E-state index contributed by atoms with van der Waals surface area (Å²) in [5.74, 6) is 1.68. The number of piperazine rings is 1. The molecule has 1 amide bonds. The number of halogens is 1. The molecule has 1 aromatic heterocycles. The first-order valence-electron chi connectivity index (χ1n) is 10.0. The van der Waals surface area contributed by atoms with Crippen molar-refractivity contribution in [1.29, 1.82) is 0 Å². The molecule has 0 bridgehead atoms. The Bertz CT molecular complexity index is 982. The van der Waals surface area contributed by atoms with Crippen LogP contribution in [0.2, 0.25) is 5.02 Å². The number of carbonyl (C=O) groups excluding carboxylic acids is 1. The number of amides is 1. The van der Waals surface area contributed by atoms with Crippen molar-refractivity contribution >= 4 is 34.8 Å². The zero-order chi connectivity index (χ0) is 20.9. The third-order valence-corrected chi connectivity index (χ3v) is 5.45. The topological polar surface area (TPSA) is 61.4 Å². The van der Waals surface area contributed by atoms with Gasteiger partial charge in [0.1, 0.15) is 0 Å². The number of aryl methyl sites for hydroxylation is 1. The fourth-order valence-corrected chi connectivity index (χ4v) is 3.54. The molecule has 1 aliphatic heterocycles. The van der Waals surface area contributed by atoms with Crippen LogP contribution in [0.25, 0.3) is 0 Å². The van der Waals surface area contributed by atoms with Crippen molar-refractivity contribution < 1.29 is 4.79 Å². The lowest BCUT2D eigenvalue weighted by molar-refractivity contribution is -0.130. The van der Waals surface area contributed by atoms with Gasteiger partial charge in [-0.2, -0.15) is 0 Å². The molecule has 0 atom stereocenters. The fourth-order valence-electron chi connectivity index (χ4n) is 3.42. The fraction of sp³-hybridized carbons (Fsp3) is 0.261. The summed E-state index contributed by atoms with van der Waals surface area (Å²) in [6, 6.07) is 19.5. The highest BCUT2D eigenvalue weighted by atomic mass is 35.5. The van der Waals surface area contributed by atoms with Crippen molar-refractivity contribution in [2.45, 2.75) is 13.3 Å². The number of benzene rings is 2. The summed E-state index contributed by atoms with van der Waals surface area (Å²) < 4.78 is 0. The number of nitrogens with one attached hydrogen (secondary N) is 1. The van der Waals surface area contributed by atoms with E-state index in [-0.39, 0.29) is 5.91 Å². The van der Waals surface area contributed by atoms with Crippen molar-refractivity contribution in [3.8, 4) is 0 Å². The Morgan fingerprint density at radius 2 is 1.63 bits per heavy atom. The molecule has 2 aromatic carbocycles. The third-order valence-electron chi connectivity index (χ3n) is 5.20. The van der Waals surface area contributed by atoms with Gasteiger partial charge in [0.25, 0.3) is 0 Å². The lowest BCUT2D eigenvalue weighted by atomic mass is 10.1. The van der Waals surface area contributed by atoms with E-state index in [1.54, 1.807) is 0 Å². The molecule has 1 N–H and O–H groups in total. The maximum Gasteiger partial charge on any atom is 0.227 e. The summed E-state index contributed by atoms with van der Waals surface area (Å²) in [6.07, 6.45) is 0.399. The molecule has 4 rings (SSSR count). The maximum absolute atomic E-state index is 12.6. The van der Waals surface area contributed by atoms with E-state index in [4.69, 9.17) is 11.6 Å². The number of rotatable bonds is 5. The molecule has 0 radical (unpaired) electrons. The molecule has 0 unspecified atom stereocenters. The second-order valence-electron chi connectivity index (χ2n) is 7.44. The second kappa shape index (κ2) is 9.13. The van der Waals surface area contributed by atoms with E-state index >= 15 is 0 Å². The molecule has 0 spiro atoms. The average Bonchev–Trinajstić information content (AvgIpc) is 2.77. The average molecular weight is 422 g/mol. The largest absolute Gasteiger partial charge is 0.352 e. The smallest absolute Gasteiger partial charge is 0.227 e. The van der Waals surface area contributed by atoms with Gasteiger partial charge >= 0.3 is 0 Å². The number of hydrogen-bond donors (Lipinski definition) is 1. The molecule has 1 aliphatic rings. The zero-order valence-electron chi connectivity index (χ0n) is 16.9. The summed E-state index contributed by atoms with van der Waals surface area (Å²) in [6.45, 7) is 4.90. The number of anilines is 3. The Hall–Kier alpha value is -3.12. The highest BCUT2D eigenvalue weighted by Crippen LogP contribution is 2.18. The van der Waals surface area contributed by atoms with Crippen molar-refractivity contribution in [3.05, 3.63) is 76.8 Å². The summed E-state index contributed by atoms with van der Waals surface area (Å²) in [7, 11) is 0. The van der Waals surface area contributed by atoms with Crippen LogP contribution in [0.3, 0.4) is 0 Å². The van der Waals surface area contributed by atoms with Gasteiger partial charge < -0.3 is 15.1 Å². The Labute approximate surface area is 181 Å². The van der Waals surface area contributed by atoms with Crippen LogP contribution in [0.5, 0.6) is 0 Å². The lowest BCUT2D eigenvalue weighted by Gasteiger charge is -2.35. The zero-order valence-corrected chi connectivity index (χ0v) is 17.6. The maximum atomic E-state index is 12.6. The molecule has 3 aromatic rings. The van der Waals surface area contributed by atoms with Crippen LogP contribution in [0.15, 0.2) is 60.7 Å². The van der Waals surface area contributed by atoms with Gasteiger partial charge in [0.2, 0.25) is 5.91 Å². The lowest BCUT2D eigenvalue weighted by Crippen LogP contribution is -2.49. The van der Waals surface area contributed by atoms with Crippen molar-refractivity contribution in [2.24, 2.45) is 0 Å². The minimum atomic E-state index is 0.140. The van der Waals surface area contributed by atoms with E-state index in [1.165, 1.54) is 5.56 Å². The van der Waals surface area contributed by atoms with Crippen LogP contribution < -0.4 is 10.2 Å². The Morgan fingerprint density at radius 1 is 0.933 bits per heavy atom. The quantitative estimate of drug-likeness (QED) is 0.672. The van der Waals surface area contributed by atoms with Crippen LogP contribution in [0, 0.1) is 6.92 Å². The number of hydrogen-bond acceptors (Lipinski definition) is 5. The van der Waals surface area contributed by atoms with Crippen LogP contribution in [-0.2, 0) is 11.2 Å². The van der Waals surface area contributed by atoms with Crippen LogP contribution in [0.4, 0.5) is 17.3 Å². The van der Waals surface area contributed by atoms with Gasteiger partial charge in [0, 0.05) is 36.9 Å². The number of nitrogens with zero attached hydrogens (tertiary/aromatic N) is 4. The normalized spacial score (nSPS) is 13.9. The Kier molecular flexibility index (Phi) is 6.14. The van der Waals surface area contributed by atoms with Gasteiger partial charge in [0.05, 0.1) is 6.42 Å². The third kappa shape index (κ3) is 5.07. The molecule has 6 nitrogen and oxygen atoms in total. The first-order chi connectivity index (χ1) is 14.6. The molecular weight excluding hydrogens is 398 g/mol. The van der Waals surface area contributed by atoms with Gasteiger partial charge in [-0.15, -0.1) is 10.2 Å². The van der Waals surface area contributed by atoms with E-state index in [2.05, 4.69) is 39.5 Å². The van der Waals surface area contributed by atoms with Crippen molar-refractivity contribution in [1.82, 2.24) is 15.1 Å². The van der Waals surface area contributed by atoms with E-state index < -0.39 is 0 Å². The number of carbonyl (C=O) groups is 1. The SMILES string of the molecule is Cc1ccc(Nc2ccc(N3CCN(C(=O)Cc4ccc(Cl)cc4)CC3)nn2)cc1. The van der Waals surface area contributed by atoms with Gasteiger partial charge in [-0.1, -0.05) is 41.4 Å². The van der Waals surface area contributed by atoms with Crippen LogP contribution in [0.1, 0.15) is 11.1 Å². The van der Waals surface area contributed by atoms with Crippen LogP contribution in [-0.4, -0.2) is 47.2 Å². The van der Waals surface area contributed by atoms with Gasteiger partial charge in [-0.05, 0) is 48.9 Å². The highest BCUT2D eigenvalue weighted by Gasteiger charge is 2.22. The Morgan fingerprint density at radius 3 is 2.27 bits per heavy atom. The molecule has 7 heteroatoms. The predicted octanol–water partition coefficient (Wildman–Crippen LogP) is 4.07. The molecule has 0 saturated carbocycles.